The van der Waals surface area contributed by atoms with Gasteiger partial charge in [-0.2, -0.15) is 0 Å². The summed E-state index contributed by atoms with van der Waals surface area (Å²) in [6.07, 6.45) is 0. The Hall–Kier alpha value is -2.25. The van der Waals surface area contributed by atoms with Crippen molar-refractivity contribution in [2.75, 3.05) is 5.32 Å². The van der Waals surface area contributed by atoms with Crippen molar-refractivity contribution >= 4 is 28.3 Å². The lowest BCUT2D eigenvalue weighted by Gasteiger charge is -2.01. The van der Waals surface area contributed by atoms with Crippen molar-refractivity contribution in [2.24, 2.45) is 0 Å². The normalized spacial score (nSPS) is 10.0. The summed E-state index contributed by atoms with van der Waals surface area (Å²) in [7, 11) is 0. The van der Waals surface area contributed by atoms with Crippen LogP contribution in [0.25, 0.3) is 0 Å². The molecule has 2 aromatic rings. The quantitative estimate of drug-likeness (QED) is 0.589. The molecule has 98 valence electrons. The Labute approximate surface area is 113 Å². The van der Waals surface area contributed by atoms with Crippen LogP contribution in [0.2, 0.25) is 0 Å². The van der Waals surface area contributed by atoms with Gasteiger partial charge >= 0.3 is 0 Å². The molecule has 0 atom stereocenters. The minimum atomic E-state index is -0.716. The summed E-state index contributed by atoms with van der Waals surface area (Å²) < 4.78 is 0. The zero-order chi connectivity index (χ0) is 13.8. The number of hydrogen-bond acceptors (Lipinski definition) is 5. The van der Waals surface area contributed by atoms with E-state index in [1.165, 1.54) is 10.9 Å². The van der Waals surface area contributed by atoms with E-state index in [0.29, 0.717) is 10.7 Å². The smallest absolute Gasteiger partial charge is 0.294 e. The van der Waals surface area contributed by atoms with Crippen LogP contribution in [-0.4, -0.2) is 22.0 Å². The Morgan fingerprint density at radius 2 is 1.89 bits per heavy atom. The number of thiazole rings is 1. The summed E-state index contributed by atoms with van der Waals surface area (Å²) in [5.41, 5.74) is 3.10. The van der Waals surface area contributed by atoms with Crippen LogP contribution >= 0.6 is 11.3 Å². The molecule has 0 aliphatic heterocycles. The van der Waals surface area contributed by atoms with E-state index < -0.39 is 5.91 Å². The van der Waals surface area contributed by atoms with Crippen molar-refractivity contribution < 1.29 is 14.8 Å². The van der Waals surface area contributed by atoms with Gasteiger partial charge in [0.25, 0.3) is 11.8 Å². The Morgan fingerprint density at radius 1 is 1.21 bits per heavy atom. The summed E-state index contributed by atoms with van der Waals surface area (Å²) in [4.78, 5) is 26.8. The van der Waals surface area contributed by atoms with Gasteiger partial charge in [0.1, 0.15) is 5.69 Å². The molecule has 0 aliphatic rings. The molecule has 2 amide bonds. The number of amides is 2. The molecular weight excluding hydrogens is 266 g/mol. The highest BCUT2D eigenvalue weighted by molar-refractivity contribution is 7.14. The standard InChI is InChI=1S/C12H11N3O3S/c1-7-2-4-8(5-3-7)10(16)14-12-13-9(6-19-12)11(17)15-18/h2-6,18H,1H3,(H,15,17)(H,13,14,16). The van der Waals surface area contributed by atoms with Crippen LogP contribution in [0.3, 0.4) is 0 Å². The molecule has 1 aromatic heterocycles. The van der Waals surface area contributed by atoms with Gasteiger partial charge in [0.2, 0.25) is 0 Å². The molecule has 6 nitrogen and oxygen atoms in total. The van der Waals surface area contributed by atoms with Crippen molar-refractivity contribution in [3.05, 3.63) is 46.5 Å². The third-order valence-corrected chi connectivity index (χ3v) is 3.13. The van der Waals surface area contributed by atoms with Crippen molar-refractivity contribution in [1.82, 2.24) is 10.5 Å². The second kappa shape index (κ2) is 5.59. The summed E-state index contributed by atoms with van der Waals surface area (Å²) in [5.74, 6) is -1.02. The van der Waals surface area contributed by atoms with Crippen LogP contribution in [0.15, 0.2) is 29.6 Å². The van der Waals surface area contributed by atoms with Crippen LogP contribution < -0.4 is 10.8 Å². The van der Waals surface area contributed by atoms with E-state index in [-0.39, 0.29) is 11.6 Å². The molecule has 0 aliphatic carbocycles. The van der Waals surface area contributed by atoms with Gasteiger partial charge in [-0.05, 0) is 19.1 Å². The maximum atomic E-state index is 11.9. The molecule has 0 unspecified atom stereocenters. The first-order valence-electron chi connectivity index (χ1n) is 5.38. The van der Waals surface area contributed by atoms with Gasteiger partial charge in [-0.25, -0.2) is 10.5 Å². The van der Waals surface area contributed by atoms with E-state index in [0.717, 1.165) is 16.9 Å². The number of hydrogen-bond donors (Lipinski definition) is 3. The minimum Gasteiger partial charge on any atom is -0.298 e. The Balaban J connectivity index is 2.08. The molecule has 7 heteroatoms. The average molecular weight is 277 g/mol. The number of aromatic nitrogens is 1. The molecule has 1 aromatic carbocycles. The lowest BCUT2D eigenvalue weighted by Crippen LogP contribution is -2.19. The second-order valence-corrected chi connectivity index (χ2v) is 4.66. The largest absolute Gasteiger partial charge is 0.298 e. The SMILES string of the molecule is Cc1ccc(C(=O)Nc2nc(C(=O)NO)cs2)cc1. The summed E-state index contributed by atoms with van der Waals surface area (Å²) in [5, 5.41) is 12.8. The summed E-state index contributed by atoms with van der Waals surface area (Å²) in [6, 6.07) is 7.09. The monoisotopic (exact) mass is 277 g/mol. The fourth-order valence-electron chi connectivity index (χ4n) is 1.37. The molecule has 0 bridgehead atoms. The third kappa shape index (κ3) is 3.15. The maximum absolute atomic E-state index is 11.9. The fourth-order valence-corrected chi connectivity index (χ4v) is 2.05. The molecule has 3 N–H and O–H groups in total. The number of nitrogens with one attached hydrogen (secondary N) is 2. The number of anilines is 1. The van der Waals surface area contributed by atoms with Gasteiger partial charge in [-0.3, -0.25) is 20.1 Å². The lowest BCUT2D eigenvalue weighted by molar-refractivity contribution is 0.0701. The molecule has 2 rings (SSSR count). The van der Waals surface area contributed by atoms with Crippen LogP contribution in [0.4, 0.5) is 5.13 Å². The number of benzene rings is 1. The van der Waals surface area contributed by atoms with E-state index in [2.05, 4.69) is 10.3 Å². The molecular formula is C12H11N3O3S. The van der Waals surface area contributed by atoms with Crippen LogP contribution in [-0.2, 0) is 0 Å². The van der Waals surface area contributed by atoms with Crippen LogP contribution in [0.1, 0.15) is 26.4 Å². The van der Waals surface area contributed by atoms with Crippen molar-refractivity contribution in [2.45, 2.75) is 6.92 Å². The number of nitrogens with zero attached hydrogens (tertiary/aromatic N) is 1. The van der Waals surface area contributed by atoms with E-state index >= 15 is 0 Å². The highest BCUT2D eigenvalue weighted by Crippen LogP contribution is 2.16. The first kappa shape index (κ1) is 13.2. The van der Waals surface area contributed by atoms with E-state index in [9.17, 15) is 9.59 Å². The van der Waals surface area contributed by atoms with Crippen molar-refractivity contribution in [3.8, 4) is 0 Å². The highest BCUT2D eigenvalue weighted by Gasteiger charge is 2.12. The van der Waals surface area contributed by atoms with E-state index in [4.69, 9.17) is 5.21 Å². The minimum absolute atomic E-state index is 0.0479. The molecule has 0 radical (unpaired) electrons. The molecule has 1 heterocycles. The summed E-state index contributed by atoms with van der Waals surface area (Å²) in [6.45, 7) is 1.93. The third-order valence-electron chi connectivity index (χ3n) is 2.37. The Morgan fingerprint density at radius 3 is 2.53 bits per heavy atom. The molecule has 0 spiro atoms. The first-order chi connectivity index (χ1) is 9.10. The fraction of sp³-hybridized carbons (Fsp3) is 0.0833. The van der Waals surface area contributed by atoms with Crippen molar-refractivity contribution in [3.63, 3.8) is 0 Å². The molecule has 19 heavy (non-hydrogen) atoms. The van der Waals surface area contributed by atoms with E-state index in [1.807, 2.05) is 19.1 Å². The molecule has 0 saturated carbocycles. The molecule has 0 saturated heterocycles. The van der Waals surface area contributed by atoms with Gasteiger partial charge in [-0.1, -0.05) is 17.7 Å². The number of carbonyl (C=O) groups is 2. The number of rotatable bonds is 3. The van der Waals surface area contributed by atoms with Gasteiger partial charge in [-0.15, -0.1) is 11.3 Å². The summed E-state index contributed by atoms with van der Waals surface area (Å²) >= 11 is 1.10. The predicted octanol–water partition coefficient (Wildman–Crippen LogP) is 1.82. The zero-order valence-corrected chi connectivity index (χ0v) is 10.8. The van der Waals surface area contributed by atoms with Crippen molar-refractivity contribution in [1.29, 1.82) is 0 Å². The van der Waals surface area contributed by atoms with Gasteiger partial charge in [0.15, 0.2) is 5.13 Å². The average Bonchev–Trinajstić information content (AvgIpc) is 2.87. The predicted molar refractivity (Wildman–Crippen MR) is 70.5 cm³/mol. The highest BCUT2D eigenvalue weighted by atomic mass is 32.1. The van der Waals surface area contributed by atoms with Gasteiger partial charge in [0, 0.05) is 10.9 Å². The molecule has 0 fully saturated rings. The Kier molecular flexibility index (Phi) is 3.88. The number of aryl methyl sites for hydroxylation is 1. The topological polar surface area (TPSA) is 91.3 Å². The lowest BCUT2D eigenvalue weighted by atomic mass is 10.1. The number of hydroxylamine groups is 1. The van der Waals surface area contributed by atoms with Crippen LogP contribution in [0, 0.1) is 6.92 Å². The first-order valence-corrected chi connectivity index (χ1v) is 6.26. The second-order valence-electron chi connectivity index (χ2n) is 3.80. The number of carbonyl (C=O) groups excluding carboxylic acids is 2. The van der Waals surface area contributed by atoms with E-state index in [1.54, 1.807) is 12.1 Å². The van der Waals surface area contributed by atoms with Gasteiger partial charge in [0.05, 0.1) is 0 Å². The van der Waals surface area contributed by atoms with Crippen LogP contribution in [0.5, 0.6) is 0 Å². The van der Waals surface area contributed by atoms with Gasteiger partial charge < -0.3 is 0 Å². The zero-order valence-electron chi connectivity index (χ0n) is 10.0. The Bertz CT molecular complexity index is 607. The maximum Gasteiger partial charge on any atom is 0.294 e.